The maximum absolute atomic E-state index is 11.7. The van der Waals surface area contributed by atoms with Gasteiger partial charge in [-0.1, -0.05) is 48.0 Å². The summed E-state index contributed by atoms with van der Waals surface area (Å²) in [6.07, 6.45) is -0.875. The van der Waals surface area contributed by atoms with Crippen LogP contribution in [-0.4, -0.2) is 67.4 Å². The lowest BCUT2D eigenvalue weighted by atomic mass is 10.0. The summed E-state index contributed by atoms with van der Waals surface area (Å²) in [4.78, 5) is 8.05. The molecule has 2 fully saturated rings. The van der Waals surface area contributed by atoms with Gasteiger partial charge in [-0.25, -0.2) is 13.4 Å². The summed E-state index contributed by atoms with van der Waals surface area (Å²) in [6.45, 7) is 0.410. The highest BCUT2D eigenvalue weighted by Crippen LogP contribution is 2.36. The first kappa shape index (κ1) is 24.9. The molecule has 0 saturated carbocycles. The number of H-pyrrole nitrogens is 1. The van der Waals surface area contributed by atoms with Gasteiger partial charge in [-0.2, -0.15) is 5.26 Å². The van der Waals surface area contributed by atoms with Gasteiger partial charge in [0.05, 0.1) is 34.3 Å². The number of fused-ring (bicyclic) bond motifs is 2. The van der Waals surface area contributed by atoms with E-state index in [0.717, 1.165) is 16.7 Å². The zero-order valence-corrected chi connectivity index (χ0v) is 21.7. The lowest BCUT2D eigenvalue weighted by Gasteiger charge is -2.16. The normalized spacial score (nSPS) is 22.9. The molecule has 2 aromatic heterocycles. The van der Waals surface area contributed by atoms with Crippen LogP contribution in [0.25, 0.3) is 33.4 Å². The van der Waals surface area contributed by atoms with E-state index in [1.54, 1.807) is 30.3 Å². The fraction of sp³-hybridized carbons (Fsp3) is 0.259. The average molecular weight is 552 g/mol. The molecule has 38 heavy (non-hydrogen) atoms. The van der Waals surface area contributed by atoms with Gasteiger partial charge in [0.2, 0.25) is 5.88 Å². The summed E-state index contributed by atoms with van der Waals surface area (Å²) in [6, 6.07) is 18.1. The van der Waals surface area contributed by atoms with Crippen LogP contribution in [0.15, 0.2) is 59.5 Å². The molecule has 2 saturated heterocycles. The smallest absolute Gasteiger partial charge is 0.212 e. The van der Waals surface area contributed by atoms with Crippen LogP contribution in [0.1, 0.15) is 5.56 Å². The topological polar surface area (TPSA) is 135 Å². The fourth-order valence-corrected chi connectivity index (χ4v) is 5.76. The number of hydrogen-bond acceptors (Lipinski definition) is 8. The first-order valence-corrected chi connectivity index (χ1v) is 14.1. The van der Waals surface area contributed by atoms with Gasteiger partial charge in [0, 0.05) is 11.8 Å². The van der Waals surface area contributed by atoms with E-state index in [1.165, 1.54) is 6.26 Å². The lowest BCUT2D eigenvalue weighted by molar-refractivity contribution is 0.00789. The van der Waals surface area contributed by atoms with Crippen molar-refractivity contribution in [3.05, 3.63) is 65.2 Å². The Labute approximate surface area is 223 Å². The summed E-state index contributed by atoms with van der Waals surface area (Å²) in [7, 11) is -3.26. The Morgan fingerprint density at radius 1 is 1.05 bits per heavy atom. The van der Waals surface area contributed by atoms with Crippen LogP contribution in [0, 0.1) is 11.3 Å². The molecule has 0 aliphatic carbocycles. The van der Waals surface area contributed by atoms with Gasteiger partial charge in [0.15, 0.2) is 15.9 Å². The van der Waals surface area contributed by atoms with Crippen LogP contribution in [0.5, 0.6) is 5.88 Å². The van der Waals surface area contributed by atoms with Crippen molar-refractivity contribution in [3.8, 4) is 34.3 Å². The van der Waals surface area contributed by atoms with Gasteiger partial charge in [-0.15, -0.1) is 0 Å². The molecule has 2 N–H and O–H groups in total. The number of aliphatic hydroxyl groups excluding tert-OH is 1. The van der Waals surface area contributed by atoms with Crippen molar-refractivity contribution < 1.29 is 27.7 Å². The molecule has 0 unspecified atom stereocenters. The standard InChI is InChI=1S/C27H22ClN3O6S/c1-38(33,34)17-8-6-15(7-9-17)14-2-4-16(5-3-14)23-19(28)10-20-24(31-23)18(11-29)27(30-20)37-22-13-36-25-21(32)12-35-26(22)25/h2-10,21-22,25-26,30,32H,12-13H2,1H3/t21-,22-,25-,26-/m1/s1. The van der Waals surface area contributed by atoms with E-state index < -0.39 is 34.3 Å². The highest BCUT2D eigenvalue weighted by Gasteiger charge is 2.48. The Balaban J connectivity index is 1.29. The van der Waals surface area contributed by atoms with Crippen molar-refractivity contribution in [3.63, 3.8) is 0 Å². The molecule has 0 amide bonds. The van der Waals surface area contributed by atoms with Crippen LogP contribution < -0.4 is 4.74 Å². The van der Waals surface area contributed by atoms with Crippen LogP contribution >= 0.6 is 11.6 Å². The van der Waals surface area contributed by atoms with E-state index in [2.05, 4.69) is 11.1 Å². The number of aromatic amines is 1. The highest BCUT2D eigenvalue weighted by molar-refractivity contribution is 7.90. The van der Waals surface area contributed by atoms with Crippen LogP contribution in [0.2, 0.25) is 5.02 Å². The number of pyridine rings is 1. The van der Waals surface area contributed by atoms with Crippen molar-refractivity contribution in [2.24, 2.45) is 0 Å². The number of benzene rings is 2. The number of nitriles is 1. The summed E-state index contributed by atoms with van der Waals surface area (Å²) >= 11 is 6.59. The number of aromatic nitrogens is 2. The summed E-state index contributed by atoms with van der Waals surface area (Å²) in [5.74, 6) is 0.246. The minimum atomic E-state index is -3.26. The van der Waals surface area contributed by atoms with E-state index in [9.17, 15) is 18.8 Å². The number of nitrogens with zero attached hydrogens (tertiary/aromatic N) is 2. The van der Waals surface area contributed by atoms with Crippen molar-refractivity contribution in [2.75, 3.05) is 19.5 Å². The van der Waals surface area contributed by atoms with Crippen molar-refractivity contribution in [1.82, 2.24) is 9.97 Å². The molecule has 2 aromatic carbocycles. The average Bonchev–Trinajstić information content (AvgIpc) is 3.58. The fourth-order valence-electron chi connectivity index (χ4n) is 4.87. The zero-order chi connectivity index (χ0) is 26.6. The Bertz CT molecular complexity index is 1680. The second kappa shape index (κ2) is 9.38. The monoisotopic (exact) mass is 551 g/mol. The number of nitrogens with one attached hydrogen (secondary N) is 1. The van der Waals surface area contributed by atoms with Gasteiger partial charge >= 0.3 is 0 Å². The number of hydrogen-bond donors (Lipinski definition) is 2. The molecule has 194 valence electrons. The predicted octanol–water partition coefficient (Wildman–Crippen LogP) is 3.73. The molecule has 2 aliphatic rings. The highest BCUT2D eigenvalue weighted by atomic mass is 35.5. The van der Waals surface area contributed by atoms with E-state index in [1.807, 2.05) is 24.3 Å². The molecule has 4 aromatic rings. The first-order valence-electron chi connectivity index (χ1n) is 11.8. The van der Waals surface area contributed by atoms with Crippen molar-refractivity contribution in [2.45, 2.75) is 29.3 Å². The number of aliphatic hydroxyl groups is 1. The van der Waals surface area contributed by atoms with E-state index in [-0.39, 0.29) is 29.6 Å². The Morgan fingerprint density at radius 2 is 1.68 bits per heavy atom. The van der Waals surface area contributed by atoms with Gasteiger partial charge in [0.1, 0.15) is 35.5 Å². The quantitative estimate of drug-likeness (QED) is 0.383. The second-order valence-corrected chi connectivity index (χ2v) is 11.8. The van der Waals surface area contributed by atoms with Gasteiger partial charge in [-0.05, 0) is 29.3 Å². The Hall–Kier alpha value is -3.46. The maximum Gasteiger partial charge on any atom is 0.212 e. The molecule has 0 radical (unpaired) electrons. The molecule has 0 spiro atoms. The number of rotatable bonds is 5. The van der Waals surface area contributed by atoms with E-state index in [0.29, 0.717) is 21.7 Å². The molecular formula is C27H22ClN3O6S. The SMILES string of the molecule is CS(=O)(=O)c1ccc(-c2ccc(-c3nc4c(C#N)c(O[C@@H]5CO[C@H]6[C@@H]5OC[C@H]6O)[nH]c4cc3Cl)cc2)cc1. The first-order chi connectivity index (χ1) is 18.2. The predicted molar refractivity (Wildman–Crippen MR) is 140 cm³/mol. The van der Waals surface area contributed by atoms with E-state index in [4.69, 9.17) is 30.8 Å². The molecule has 9 nitrogen and oxygen atoms in total. The summed E-state index contributed by atoms with van der Waals surface area (Å²) in [5, 5.41) is 20.3. The molecular weight excluding hydrogens is 530 g/mol. The van der Waals surface area contributed by atoms with E-state index >= 15 is 0 Å². The molecule has 2 aliphatic heterocycles. The largest absolute Gasteiger partial charge is 0.469 e. The minimum Gasteiger partial charge on any atom is -0.469 e. The summed E-state index contributed by atoms with van der Waals surface area (Å²) in [5.41, 5.74) is 4.24. The molecule has 4 atom stereocenters. The minimum absolute atomic E-state index is 0.179. The Morgan fingerprint density at radius 3 is 2.34 bits per heavy atom. The molecule has 0 bridgehead atoms. The van der Waals surface area contributed by atoms with Crippen molar-refractivity contribution in [1.29, 1.82) is 5.26 Å². The molecule has 11 heteroatoms. The zero-order valence-electron chi connectivity index (χ0n) is 20.1. The van der Waals surface area contributed by atoms with Gasteiger partial charge < -0.3 is 24.3 Å². The van der Waals surface area contributed by atoms with Gasteiger partial charge in [0.25, 0.3) is 0 Å². The second-order valence-electron chi connectivity index (χ2n) is 9.35. The third-order valence-electron chi connectivity index (χ3n) is 6.83. The van der Waals surface area contributed by atoms with Crippen LogP contribution in [-0.2, 0) is 19.3 Å². The molecule has 4 heterocycles. The number of halogens is 1. The number of sulfone groups is 1. The lowest BCUT2D eigenvalue weighted by Crippen LogP contribution is -2.34. The molecule has 6 rings (SSSR count). The Kier molecular flexibility index (Phi) is 6.13. The van der Waals surface area contributed by atoms with Crippen LogP contribution in [0.4, 0.5) is 0 Å². The number of ether oxygens (including phenoxy) is 3. The third-order valence-corrected chi connectivity index (χ3v) is 8.24. The van der Waals surface area contributed by atoms with Gasteiger partial charge in [-0.3, -0.25) is 0 Å². The maximum atomic E-state index is 11.7. The third kappa shape index (κ3) is 4.32. The summed E-state index contributed by atoms with van der Waals surface area (Å²) < 4.78 is 40.8. The van der Waals surface area contributed by atoms with Crippen LogP contribution in [0.3, 0.4) is 0 Å². The van der Waals surface area contributed by atoms with Crippen molar-refractivity contribution >= 4 is 32.5 Å².